The Morgan fingerprint density at radius 3 is 1.12 bits per heavy atom. The molecule has 0 unspecified atom stereocenters. The van der Waals surface area contributed by atoms with Gasteiger partial charge < -0.3 is 10.4 Å². The predicted octanol–water partition coefficient (Wildman–Crippen LogP) is 2.54. The molecule has 1 rings (SSSR count). The van der Waals surface area contributed by atoms with Gasteiger partial charge in [-0.3, -0.25) is 0 Å². The first-order chi connectivity index (χ1) is 7.54. The van der Waals surface area contributed by atoms with E-state index in [4.69, 9.17) is 10.4 Å². The third-order valence-electron chi connectivity index (χ3n) is 3.11. The van der Waals surface area contributed by atoms with Crippen molar-refractivity contribution >= 4 is 12.4 Å². The molecular weight excluding hydrogens is 204 g/mol. The normalized spacial score (nSPS) is 11.8. The zero-order chi connectivity index (χ0) is 12.3. The summed E-state index contributed by atoms with van der Waals surface area (Å²) in [4.78, 5) is 0. The third kappa shape index (κ3) is 1.91. The first-order valence-electron chi connectivity index (χ1n) is 4.99. The Labute approximate surface area is 94.9 Å². The SMILES string of the molecule is Cc1c(C)c(/C=N\O)c(C)c(C)c1/C=N\O. The predicted molar refractivity (Wildman–Crippen MR) is 64.2 cm³/mol. The van der Waals surface area contributed by atoms with E-state index in [1.165, 1.54) is 12.4 Å². The minimum absolute atomic E-state index is 0.910. The van der Waals surface area contributed by atoms with Gasteiger partial charge in [-0.1, -0.05) is 10.3 Å². The van der Waals surface area contributed by atoms with Gasteiger partial charge in [-0.2, -0.15) is 0 Å². The second-order valence-corrected chi connectivity index (χ2v) is 3.82. The molecule has 0 aliphatic heterocycles. The number of rotatable bonds is 2. The highest BCUT2D eigenvalue weighted by atomic mass is 16.4. The lowest BCUT2D eigenvalue weighted by Gasteiger charge is -2.15. The lowest BCUT2D eigenvalue weighted by molar-refractivity contribution is 0.321. The minimum Gasteiger partial charge on any atom is -0.411 e. The first-order valence-corrected chi connectivity index (χ1v) is 4.99. The van der Waals surface area contributed by atoms with Crippen molar-refractivity contribution in [3.05, 3.63) is 33.4 Å². The smallest absolute Gasteiger partial charge is 0.0739 e. The second kappa shape index (κ2) is 4.79. The third-order valence-corrected chi connectivity index (χ3v) is 3.11. The summed E-state index contributed by atoms with van der Waals surface area (Å²) in [5.74, 6) is 0. The molecule has 1 aromatic rings. The fourth-order valence-electron chi connectivity index (χ4n) is 1.87. The van der Waals surface area contributed by atoms with Gasteiger partial charge >= 0.3 is 0 Å². The van der Waals surface area contributed by atoms with Crippen molar-refractivity contribution < 1.29 is 10.4 Å². The second-order valence-electron chi connectivity index (χ2n) is 3.82. The molecule has 0 spiro atoms. The molecule has 0 heterocycles. The maximum Gasteiger partial charge on any atom is 0.0739 e. The molecule has 0 aliphatic rings. The monoisotopic (exact) mass is 220 g/mol. The Bertz CT molecular complexity index is 391. The molecule has 1 aromatic carbocycles. The van der Waals surface area contributed by atoms with Crippen LogP contribution in [-0.4, -0.2) is 22.8 Å². The van der Waals surface area contributed by atoms with Gasteiger partial charge in [0.05, 0.1) is 12.4 Å². The molecule has 0 aromatic heterocycles. The molecule has 0 aliphatic carbocycles. The van der Waals surface area contributed by atoms with Crippen LogP contribution in [0, 0.1) is 27.7 Å². The van der Waals surface area contributed by atoms with E-state index in [2.05, 4.69) is 10.3 Å². The zero-order valence-corrected chi connectivity index (χ0v) is 9.94. The minimum atomic E-state index is 0.910. The van der Waals surface area contributed by atoms with Gasteiger partial charge in [0.2, 0.25) is 0 Å². The van der Waals surface area contributed by atoms with Crippen molar-refractivity contribution in [3.8, 4) is 0 Å². The largest absolute Gasteiger partial charge is 0.411 e. The number of hydrogen-bond acceptors (Lipinski definition) is 4. The van der Waals surface area contributed by atoms with E-state index >= 15 is 0 Å². The number of benzene rings is 1. The molecule has 4 heteroatoms. The van der Waals surface area contributed by atoms with Gasteiger partial charge in [-0.15, -0.1) is 0 Å². The molecule has 2 N–H and O–H groups in total. The van der Waals surface area contributed by atoms with Crippen LogP contribution in [0.15, 0.2) is 10.3 Å². The summed E-state index contributed by atoms with van der Waals surface area (Å²) < 4.78 is 0. The molecule has 86 valence electrons. The Balaban J connectivity index is 3.62. The molecule has 0 bridgehead atoms. The summed E-state index contributed by atoms with van der Waals surface area (Å²) >= 11 is 0. The molecule has 0 fully saturated rings. The van der Waals surface area contributed by atoms with E-state index in [0.29, 0.717) is 0 Å². The van der Waals surface area contributed by atoms with Crippen molar-refractivity contribution in [3.63, 3.8) is 0 Å². The number of oxime groups is 2. The summed E-state index contributed by atoms with van der Waals surface area (Å²) in [5.41, 5.74) is 5.92. The summed E-state index contributed by atoms with van der Waals surface area (Å²) in [6, 6.07) is 0. The van der Waals surface area contributed by atoms with Crippen molar-refractivity contribution in [2.75, 3.05) is 0 Å². The van der Waals surface area contributed by atoms with Gasteiger partial charge in [0, 0.05) is 11.1 Å². The van der Waals surface area contributed by atoms with Crippen LogP contribution < -0.4 is 0 Å². The topological polar surface area (TPSA) is 65.2 Å². The summed E-state index contributed by atoms with van der Waals surface area (Å²) in [6.07, 6.45) is 2.87. The Morgan fingerprint density at radius 1 is 0.688 bits per heavy atom. The lowest BCUT2D eigenvalue weighted by atomic mass is 9.90. The van der Waals surface area contributed by atoms with Crippen LogP contribution in [0.1, 0.15) is 33.4 Å². The van der Waals surface area contributed by atoms with Crippen molar-refractivity contribution in [1.29, 1.82) is 0 Å². The summed E-state index contributed by atoms with van der Waals surface area (Å²) in [7, 11) is 0. The molecule has 16 heavy (non-hydrogen) atoms. The molecule has 0 atom stereocenters. The van der Waals surface area contributed by atoms with Gasteiger partial charge in [-0.05, 0) is 49.9 Å². The molecule has 0 radical (unpaired) electrons. The number of nitrogens with zero attached hydrogens (tertiary/aromatic N) is 2. The summed E-state index contributed by atoms with van der Waals surface area (Å²) in [6.45, 7) is 7.81. The van der Waals surface area contributed by atoms with Gasteiger partial charge in [0.15, 0.2) is 0 Å². The van der Waals surface area contributed by atoms with E-state index in [1.54, 1.807) is 0 Å². The fourth-order valence-corrected chi connectivity index (χ4v) is 1.87. The maximum atomic E-state index is 8.63. The standard InChI is InChI=1S/C12H16N2O2/c1-7-8(2)12(6-14-16)10(4)9(3)11(7)5-13-15/h5-6,15-16H,1-4H3/b13-5-,14-6-. The Morgan fingerprint density at radius 2 is 0.938 bits per heavy atom. The average Bonchev–Trinajstić information content (AvgIpc) is 2.28. The molecule has 0 saturated heterocycles. The highest BCUT2D eigenvalue weighted by Crippen LogP contribution is 2.24. The van der Waals surface area contributed by atoms with Crippen LogP contribution in [0.4, 0.5) is 0 Å². The van der Waals surface area contributed by atoms with E-state index < -0.39 is 0 Å². The van der Waals surface area contributed by atoms with Crippen LogP contribution in [0.25, 0.3) is 0 Å². The van der Waals surface area contributed by atoms with Gasteiger partial charge in [0.25, 0.3) is 0 Å². The van der Waals surface area contributed by atoms with Crippen LogP contribution in [0.3, 0.4) is 0 Å². The van der Waals surface area contributed by atoms with Gasteiger partial charge in [0.1, 0.15) is 0 Å². The van der Waals surface area contributed by atoms with Gasteiger partial charge in [-0.25, -0.2) is 0 Å². The number of hydrogen-bond donors (Lipinski definition) is 2. The molecule has 4 nitrogen and oxygen atoms in total. The highest BCUT2D eigenvalue weighted by molar-refractivity contribution is 5.91. The summed E-state index contributed by atoms with van der Waals surface area (Å²) in [5, 5.41) is 23.4. The van der Waals surface area contributed by atoms with E-state index in [-0.39, 0.29) is 0 Å². The molecule has 0 saturated carbocycles. The van der Waals surface area contributed by atoms with Crippen LogP contribution in [0.5, 0.6) is 0 Å². The quantitative estimate of drug-likeness (QED) is 0.457. The molecule has 0 amide bonds. The zero-order valence-electron chi connectivity index (χ0n) is 9.94. The lowest BCUT2D eigenvalue weighted by Crippen LogP contribution is -2.04. The highest BCUT2D eigenvalue weighted by Gasteiger charge is 2.12. The first kappa shape index (κ1) is 12.2. The maximum absolute atomic E-state index is 8.63. The Kier molecular flexibility index (Phi) is 3.66. The van der Waals surface area contributed by atoms with Crippen LogP contribution in [-0.2, 0) is 0 Å². The van der Waals surface area contributed by atoms with Crippen LogP contribution >= 0.6 is 0 Å². The van der Waals surface area contributed by atoms with E-state index in [9.17, 15) is 0 Å². The Hall–Kier alpha value is -1.84. The van der Waals surface area contributed by atoms with E-state index in [0.717, 1.165) is 33.4 Å². The van der Waals surface area contributed by atoms with Crippen LogP contribution in [0.2, 0.25) is 0 Å². The average molecular weight is 220 g/mol. The van der Waals surface area contributed by atoms with Crippen molar-refractivity contribution in [2.45, 2.75) is 27.7 Å². The van der Waals surface area contributed by atoms with E-state index in [1.807, 2.05) is 27.7 Å². The fraction of sp³-hybridized carbons (Fsp3) is 0.333. The van der Waals surface area contributed by atoms with Crippen molar-refractivity contribution in [2.24, 2.45) is 10.3 Å². The van der Waals surface area contributed by atoms with Crippen molar-refractivity contribution in [1.82, 2.24) is 0 Å². The molecular formula is C12H16N2O2.